The van der Waals surface area contributed by atoms with E-state index < -0.39 is 0 Å². The van der Waals surface area contributed by atoms with Crippen LogP contribution >= 0.6 is 0 Å². The van der Waals surface area contributed by atoms with E-state index in [0.29, 0.717) is 5.56 Å². The van der Waals surface area contributed by atoms with Crippen LogP contribution in [-0.2, 0) is 6.54 Å². The third-order valence-electron chi connectivity index (χ3n) is 3.31. The summed E-state index contributed by atoms with van der Waals surface area (Å²) in [6.07, 6.45) is 0. The Hall–Kier alpha value is -2.47. The number of anilines is 2. The van der Waals surface area contributed by atoms with E-state index in [2.05, 4.69) is 47.2 Å². The number of nitriles is 1. The third kappa shape index (κ3) is 3.30. The molecule has 0 amide bonds. The van der Waals surface area contributed by atoms with Crippen molar-refractivity contribution in [3.05, 3.63) is 59.7 Å². The first-order valence-electron chi connectivity index (χ1n) is 6.57. The molecule has 102 valence electrons. The molecule has 3 heteroatoms. The van der Waals surface area contributed by atoms with Crippen molar-refractivity contribution in [1.82, 2.24) is 0 Å². The minimum absolute atomic E-state index is 0.701. The fourth-order valence-corrected chi connectivity index (χ4v) is 2.06. The molecule has 2 rings (SSSR count). The summed E-state index contributed by atoms with van der Waals surface area (Å²) >= 11 is 0. The predicted molar refractivity (Wildman–Crippen MR) is 84.0 cm³/mol. The Balaban J connectivity index is 2.07. The molecule has 0 bridgehead atoms. The normalized spacial score (nSPS) is 9.90. The molecule has 0 aliphatic heterocycles. The van der Waals surface area contributed by atoms with E-state index in [1.54, 1.807) is 0 Å². The highest BCUT2D eigenvalue weighted by atomic mass is 15.1. The summed E-state index contributed by atoms with van der Waals surface area (Å²) in [6, 6.07) is 18.3. The van der Waals surface area contributed by atoms with Crippen LogP contribution in [0.3, 0.4) is 0 Å². The summed E-state index contributed by atoms with van der Waals surface area (Å²) in [7, 11) is 6.15. The summed E-state index contributed by atoms with van der Waals surface area (Å²) in [5, 5.41) is 8.79. The molecule has 3 nitrogen and oxygen atoms in total. The Bertz CT molecular complexity index is 592. The molecule has 0 aromatic heterocycles. The van der Waals surface area contributed by atoms with Gasteiger partial charge in [-0.05, 0) is 42.0 Å². The molecule has 0 unspecified atom stereocenters. The van der Waals surface area contributed by atoms with Gasteiger partial charge in [-0.1, -0.05) is 12.1 Å². The Morgan fingerprint density at radius 1 is 0.850 bits per heavy atom. The first-order chi connectivity index (χ1) is 9.60. The largest absolute Gasteiger partial charge is 0.378 e. The van der Waals surface area contributed by atoms with Crippen LogP contribution in [0.25, 0.3) is 0 Å². The first-order valence-corrected chi connectivity index (χ1v) is 6.57. The van der Waals surface area contributed by atoms with Gasteiger partial charge in [0.1, 0.15) is 0 Å². The fraction of sp³-hybridized carbons (Fsp3) is 0.235. The highest BCUT2D eigenvalue weighted by Crippen LogP contribution is 2.20. The molecule has 0 aliphatic rings. The van der Waals surface area contributed by atoms with Gasteiger partial charge in [-0.2, -0.15) is 5.26 Å². The van der Waals surface area contributed by atoms with Crippen molar-refractivity contribution in [2.45, 2.75) is 6.54 Å². The molecule has 2 aromatic rings. The second-order valence-corrected chi connectivity index (χ2v) is 5.08. The molecule has 0 N–H and O–H groups in total. The van der Waals surface area contributed by atoms with Crippen molar-refractivity contribution in [3.8, 4) is 6.07 Å². The Kier molecular flexibility index (Phi) is 4.27. The van der Waals surface area contributed by atoms with Crippen molar-refractivity contribution in [2.75, 3.05) is 30.9 Å². The third-order valence-corrected chi connectivity index (χ3v) is 3.31. The van der Waals surface area contributed by atoms with Gasteiger partial charge in [-0.15, -0.1) is 0 Å². The SMILES string of the molecule is CN(C)c1ccc(N(C)Cc2ccc(C#N)cc2)cc1. The minimum Gasteiger partial charge on any atom is -0.378 e. The zero-order chi connectivity index (χ0) is 14.5. The van der Waals surface area contributed by atoms with E-state index in [-0.39, 0.29) is 0 Å². The lowest BCUT2D eigenvalue weighted by Gasteiger charge is -2.21. The molecule has 0 heterocycles. The molecule has 0 radical (unpaired) electrons. The first kappa shape index (κ1) is 14.0. The lowest BCUT2D eigenvalue weighted by Crippen LogP contribution is -2.16. The molecule has 0 aliphatic carbocycles. The molecular formula is C17H19N3. The minimum atomic E-state index is 0.701. The van der Waals surface area contributed by atoms with E-state index >= 15 is 0 Å². The van der Waals surface area contributed by atoms with Crippen LogP contribution in [0.5, 0.6) is 0 Å². The molecule has 20 heavy (non-hydrogen) atoms. The van der Waals surface area contributed by atoms with Gasteiger partial charge >= 0.3 is 0 Å². The second-order valence-electron chi connectivity index (χ2n) is 5.08. The Labute approximate surface area is 120 Å². The maximum Gasteiger partial charge on any atom is 0.0991 e. The number of hydrogen-bond acceptors (Lipinski definition) is 3. The smallest absolute Gasteiger partial charge is 0.0991 e. The summed E-state index contributed by atoms with van der Waals surface area (Å²) in [6.45, 7) is 0.826. The monoisotopic (exact) mass is 265 g/mol. The summed E-state index contributed by atoms with van der Waals surface area (Å²) in [4.78, 5) is 4.28. The van der Waals surface area contributed by atoms with E-state index in [9.17, 15) is 0 Å². The van der Waals surface area contributed by atoms with Gasteiger partial charge in [-0.25, -0.2) is 0 Å². The predicted octanol–water partition coefficient (Wildman–Crippen LogP) is 3.26. The number of nitrogens with zero attached hydrogens (tertiary/aromatic N) is 3. The average molecular weight is 265 g/mol. The van der Waals surface area contributed by atoms with E-state index in [0.717, 1.165) is 6.54 Å². The molecule has 2 aromatic carbocycles. The van der Waals surface area contributed by atoms with Gasteiger partial charge in [-0.3, -0.25) is 0 Å². The van der Waals surface area contributed by atoms with Gasteiger partial charge in [0.2, 0.25) is 0 Å². The van der Waals surface area contributed by atoms with Crippen molar-refractivity contribution in [3.63, 3.8) is 0 Å². The van der Waals surface area contributed by atoms with E-state index in [1.807, 2.05) is 38.4 Å². The van der Waals surface area contributed by atoms with Crippen LogP contribution in [0.1, 0.15) is 11.1 Å². The van der Waals surface area contributed by atoms with Crippen LogP contribution in [0, 0.1) is 11.3 Å². The number of benzene rings is 2. The molecular weight excluding hydrogens is 246 g/mol. The van der Waals surface area contributed by atoms with Gasteiger partial charge in [0.25, 0.3) is 0 Å². The summed E-state index contributed by atoms with van der Waals surface area (Å²) < 4.78 is 0. The topological polar surface area (TPSA) is 30.3 Å². The quantitative estimate of drug-likeness (QED) is 0.850. The van der Waals surface area contributed by atoms with Crippen LogP contribution < -0.4 is 9.80 Å². The summed E-state index contributed by atoms with van der Waals surface area (Å²) in [5.74, 6) is 0. The molecule has 0 fully saturated rings. The standard InChI is InChI=1S/C17H19N3/c1-19(2)16-8-10-17(11-9-16)20(3)13-15-6-4-14(12-18)5-7-15/h4-11H,13H2,1-3H3. The van der Waals surface area contributed by atoms with E-state index in [1.165, 1.54) is 16.9 Å². The number of hydrogen-bond donors (Lipinski definition) is 0. The second kappa shape index (κ2) is 6.12. The van der Waals surface area contributed by atoms with Crippen molar-refractivity contribution in [1.29, 1.82) is 5.26 Å². The maximum atomic E-state index is 8.79. The van der Waals surface area contributed by atoms with Crippen LogP contribution in [0.4, 0.5) is 11.4 Å². The Morgan fingerprint density at radius 2 is 1.40 bits per heavy atom. The maximum absolute atomic E-state index is 8.79. The van der Waals surface area contributed by atoms with E-state index in [4.69, 9.17) is 5.26 Å². The van der Waals surface area contributed by atoms with Gasteiger partial charge in [0, 0.05) is 39.1 Å². The molecule has 0 spiro atoms. The van der Waals surface area contributed by atoms with Crippen LogP contribution in [-0.4, -0.2) is 21.1 Å². The van der Waals surface area contributed by atoms with Crippen molar-refractivity contribution >= 4 is 11.4 Å². The average Bonchev–Trinajstić information content (AvgIpc) is 2.48. The van der Waals surface area contributed by atoms with Crippen molar-refractivity contribution < 1.29 is 0 Å². The fourth-order valence-electron chi connectivity index (χ4n) is 2.06. The molecule has 0 saturated heterocycles. The zero-order valence-corrected chi connectivity index (χ0v) is 12.2. The molecule has 0 saturated carbocycles. The highest BCUT2D eigenvalue weighted by Gasteiger charge is 2.03. The van der Waals surface area contributed by atoms with Gasteiger partial charge in [0.15, 0.2) is 0 Å². The zero-order valence-electron chi connectivity index (χ0n) is 12.2. The van der Waals surface area contributed by atoms with Gasteiger partial charge in [0.05, 0.1) is 11.6 Å². The molecule has 0 atom stereocenters. The van der Waals surface area contributed by atoms with Gasteiger partial charge < -0.3 is 9.80 Å². The van der Waals surface area contributed by atoms with Crippen LogP contribution in [0.2, 0.25) is 0 Å². The highest BCUT2D eigenvalue weighted by molar-refractivity contribution is 5.55. The lowest BCUT2D eigenvalue weighted by molar-refractivity contribution is 0.922. The lowest BCUT2D eigenvalue weighted by atomic mass is 10.1. The summed E-state index contributed by atoms with van der Waals surface area (Å²) in [5.41, 5.74) is 4.27. The van der Waals surface area contributed by atoms with Crippen molar-refractivity contribution in [2.24, 2.45) is 0 Å². The van der Waals surface area contributed by atoms with Crippen LogP contribution in [0.15, 0.2) is 48.5 Å². The number of rotatable bonds is 4. The Morgan fingerprint density at radius 3 is 1.90 bits per heavy atom.